The van der Waals surface area contributed by atoms with Crippen molar-refractivity contribution in [2.45, 2.75) is 11.7 Å². The van der Waals surface area contributed by atoms with Gasteiger partial charge in [0.25, 0.3) is 0 Å². The first-order valence-electron chi connectivity index (χ1n) is 6.20. The summed E-state index contributed by atoms with van der Waals surface area (Å²) in [5.74, 6) is -0.300. The molecule has 1 aromatic carbocycles. The predicted octanol–water partition coefficient (Wildman–Crippen LogP) is 0.187. The number of primary sulfonamides is 1. The standard InChI is InChI=1S/C13H12N2O5S/c14-21(18,19)10-6-12(16)15(7-10)9-2-3-11-8(5-9)1-4-13(17)20-11/h1-5,10H,6-7H2,(H2,14,18,19). The lowest BCUT2D eigenvalue weighted by molar-refractivity contribution is -0.117. The van der Waals surface area contributed by atoms with Crippen molar-refractivity contribution in [2.75, 3.05) is 11.4 Å². The van der Waals surface area contributed by atoms with Gasteiger partial charge in [-0.05, 0) is 24.3 Å². The fourth-order valence-corrected chi connectivity index (χ4v) is 3.10. The SMILES string of the molecule is NS(=O)(=O)C1CC(=O)N(c2ccc3oc(=O)ccc3c2)C1. The number of rotatable bonds is 2. The molecular weight excluding hydrogens is 296 g/mol. The first kappa shape index (κ1) is 13.8. The van der Waals surface area contributed by atoms with Crippen molar-refractivity contribution < 1.29 is 17.6 Å². The minimum Gasteiger partial charge on any atom is -0.423 e. The van der Waals surface area contributed by atoms with E-state index in [-0.39, 0.29) is 18.9 Å². The summed E-state index contributed by atoms with van der Waals surface area (Å²) < 4.78 is 27.7. The highest BCUT2D eigenvalue weighted by atomic mass is 32.2. The zero-order valence-electron chi connectivity index (χ0n) is 10.9. The third kappa shape index (κ3) is 2.55. The van der Waals surface area contributed by atoms with Crippen LogP contribution < -0.4 is 15.7 Å². The van der Waals surface area contributed by atoms with E-state index in [9.17, 15) is 18.0 Å². The minimum atomic E-state index is -3.75. The zero-order valence-corrected chi connectivity index (χ0v) is 11.7. The molecule has 21 heavy (non-hydrogen) atoms. The van der Waals surface area contributed by atoms with Crippen LogP contribution in [0.3, 0.4) is 0 Å². The van der Waals surface area contributed by atoms with Gasteiger partial charge in [-0.25, -0.2) is 18.4 Å². The van der Waals surface area contributed by atoms with Gasteiger partial charge in [0.15, 0.2) is 0 Å². The van der Waals surface area contributed by atoms with Crippen LogP contribution in [0.2, 0.25) is 0 Å². The molecule has 1 aliphatic heterocycles. The zero-order chi connectivity index (χ0) is 15.2. The first-order chi connectivity index (χ1) is 9.84. The summed E-state index contributed by atoms with van der Waals surface area (Å²) in [6.45, 7) is 0.0277. The maximum Gasteiger partial charge on any atom is 0.336 e. The summed E-state index contributed by atoms with van der Waals surface area (Å²) >= 11 is 0. The van der Waals surface area contributed by atoms with Gasteiger partial charge in [-0.1, -0.05) is 0 Å². The molecule has 3 rings (SSSR count). The molecule has 1 atom stereocenters. The number of carbonyl (C=O) groups is 1. The molecule has 1 aromatic heterocycles. The Bertz CT molecular complexity index is 887. The Morgan fingerprint density at radius 1 is 1.19 bits per heavy atom. The Morgan fingerprint density at radius 3 is 2.62 bits per heavy atom. The molecule has 1 amide bonds. The Morgan fingerprint density at radius 2 is 1.95 bits per heavy atom. The number of hydrogen-bond acceptors (Lipinski definition) is 5. The van der Waals surface area contributed by atoms with E-state index in [2.05, 4.69) is 0 Å². The lowest BCUT2D eigenvalue weighted by Gasteiger charge is -2.16. The second kappa shape index (κ2) is 4.68. The fraction of sp³-hybridized carbons (Fsp3) is 0.231. The van der Waals surface area contributed by atoms with Gasteiger partial charge in [0.2, 0.25) is 15.9 Å². The number of hydrogen-bond donors (Lipinski definition) is 1. The maximum absolute atomic E-state index is 12.0. The average Bonchev–Trinajstić information content (AvgIpc) is 2.80. The summed E-state index contributed by atoms with van der Waals surface area (Å²) in [5.41, 5.74) is 0.496. The molecule has 1 unspecified atom stereocenters. The number of nitrogens with two attached hydrogens (primary N) is 1. The fourth-order valence-electron chi connectivity index (χ4n) is 2.37. The molecule has 1 fully saturated rings. The van der Waals surface area contributed by atoms with Crippen LogP contribution in [0.15, 0.2) is 39.5 Å². The topological polar surface area (TPSA) is 111 Å². The molecule has 0 radical (unpaired) electrons. The van der Waals surface area contributed by atoms with Gasteiger partial charge in [0.05, 0.1) is 0 Å². The van der Waals surface area contributed by atoms with E-state index < -0.39 is 20.9 Å². The maximum atomic E-state index is 12.0. The van der Waals surface area contributed by atoms with Crippen LogP contribution in [0.5, 0.6) is 0 Å². The van der Waals surface area contributed by atoms with Gasteiger partial charge in [-0.3, -0.25) is 4.79 Å². The van der Waals surface area contributed by atoms with Crippen molar-refractivity contribution in [1.29, 1.82) is 0 Å². The number of sulfonamides is 1. The summed E-state index contributed by atoms with van der Waals surface area (Å²) in [5, 5.41) is 4.85. The van der Waals surface area contributed by atoms with Gasteiger partial charge in [-0.2, -0.15) is 0 Å². The van der Waals surface area contributed by atoms with E-state index in [1.165, 1.54) is 11.0 Å². The van der Waals surface area contributed by atoms with E-state index in [0.29, 0.717) is 16.7 Å². The van der Waals surface area contributed by atoms with E-state index in [1.807, 2.05) is 0 Å². The predicted molar refractivity (Wildman–Crippen MR) is 76.3 cm³/mol. The van der Waals surface area contributed by atoms with Gasteiger partial charge < -0.3 is 9.32 Å². The highest BCUT2D eigenvalue weighted by Crippen LogP contribution is 2.27. The minimum absolute atomic E-state index is 0.0277. The van der Waals surface area contributed by atoms with Crippen molar-refractivity contribution >= 4 is 32.6 Å². The van der Waals surface area contributed by atoms with Crippen LogP contribution >= 0.6 is 0 Å². The molecule has 0 spiro atoms. The molecule has 2 heterocycles. The number of nitrogens with zero attached hydrogens (tertiary/aromatic N) is 1. The summed E-state index contributed by atoms with van der Waals surface area (Å²) in [6.07, 6.45) is -0.124. The van der Waals surface area contributed by atoms with Crippen molar-refractivity contribution in [3.63, 3.8) is 0 Å². The third-order valence-electron chi connectivity index (χ3n) is 3.47. The normalized spacial score (nSPS) is 19.4. The van der Waals surface area contributed by atoms with Crippen LogP contribution in [-0.2, 0) is 14.8 Å². The number of amides is 1. The molecule has 1 saturated heterocycles. The van der Waals surface area contributed by atoms with Crippen molar-refractivity contribution in [3.05, 3.63) is 40.8 Å². The van der Waals surface area contributed by atoms with Crippen LogP contribution in [0, 0.1) is 0 Å². The van der Waals surface area contributed by atoms with Crippen molar-refractivity contribution in [3.8, 4) is 0 Å². The molecule has 7 nitrogen and oxygen atoms in total. The summed E-state index contributed by atoms with van der Waals surface area (Å²) in [6, 6.07) is 7.72. The smallest absolute Gasteiger partial charge is 0.336 e. The first-order valence-corrected chi connectivity index (χ1v) is 7.81. The van der Waals surface area contributed by atoms with Crippen LogP contribution in [0.4, 0.5) is 5.69 Å². The van der Waals surface area contributed by atoms with Gasteiger partial charge >= 0.3 is 5.63 Å². The molecular formula is C13H12N2O5S. The Balaban J connectivity index is 1.99. The van der Waals surface area contributed by atoms with Gasteiger partial charge in [-0.15, -0.1) is 0 Å². The van der Waals surface area contributed by atoms with E-state index >= 15 is 0 Å². The number of benzene rings is 1. The van der Waals surface area contributed by atoms with Crippen molar-refractivity contribution in [2.24, 2.45) is 5.14 Å². The quantitative estimate of drug-likeness (QED) is 0.796. The summed E-state index contributed by atoms with van der Waals surface area (Å²) in [4.78, 5) is 24.4. The second-order valence-corrected chi connectivity index (χ2v) is 6.74. The van der Waals surface area contributed by atoms with E-state index in [0.717, 1.165) is 0 Å². The summed E-state index contributed by atoms with van der Waals surface area (Å²) in [7, 11) is -3.75. The lowest BCUT2D eigenvalue weighted by Crippen LogP contribution is -2.32. The highest BCUT2D eigenvalue weighted by Gasteiger charge is 2.37. The highest BCUT2D eigenvalue weighted by molar-refractivity contribution is 7.89. The molecule has 8 heteroatoms. The van der Waals surface area contributed by atoms with Crippen LogP contribution in [0.25, 0.3) is 11.0 Å². The monoisotopic (exact) mass is 308 g/mol. The molecule has 2 N–H and O–H groups in total. The Labute approximate surface area is 120 Å². The average molecular weight is 308 g/mol. The molecule has 1 aliphatic rings. The molecule has 0 aliphatic carbocycles. The van der Waals surface area contributed by atoms with Gasteiger partial charge in [0, 0.05) is 30.1 Å². The number of carbonyl (C=O) groups excluding carboxylic acids is 1. The second-order valence-electron chi connectivity index (χ2n) is 4.90. The largest absolute Gasteiger partial charge is 0.423 e. The van der Waals surface area contributed by atoms with E-state index in [4.69, 9.17) is 9.56 Å². The Kier molecular flexibility index (Phi) is 3.07. The number of fused-ring (bicyclic) bond motifs is 1. The molecule has 0 saturated carbocycles. The van der Waals surface area contributed by atoms with Gasteiger partial charge in [0.1, 0.15) is 10.8 Å². The van der Waals surface area contributed by atoms with Crippen LogP contribution in [0.1, 0.15) is 6.42 Å². The molecule has 110 valence electrons. The van der Waals surface area contributed by atoms with E-state index in [1.54, 1.807) is 24.3 Å². The number of anilines is 1. The third-order valence-corrected chi connectivity index (χ3v) is 4.71. The lowest BCUT2D eigenvalue weighted by atomic mass is 10.2. The Hall–Kier alpha value is -2.19. The van der Waals surface area contributed by atoms with Crippen LogP contribution in [-0.4, -0.2) is 26.1 Å². The molecule has 0 bridgehead atoms. The van der Waals surface area contributed by atoms with Crippen molar-refractivity contribution in [1.82, 2.24) is 0 Å². The molecule has 2 aromatic rings.